The van der Waals surface area contributed by atoms with E-state index in [0.29, 0.717) is 11.3 Å². The molecule has 1 aliphatic rings. The number of rotatable bonds is 3. The molecule has 7 heteroatoms. The van der Waals surface area contributed by atoms with Crippen molar-refractivity contribution in [2.75, 3.05) is 0 Å². The van der Waals surface area contributed by atoms with Gasteiger partial charge in [-0.3, -0.25) is 9.78 Å². The Labute approximate surface area is 153 Å². The Balaban J connectivity index is 1.49. The smallest absolute Gasteiger partial charge is 0.288 e. The third-order valence-corrected chi connectivity index (χ3v) is 4.92. The van der Waals surface area contributed by atoms with Crippen LogP contribution in [0.4, 0.5) is 0 Å². The number of nitrogens with one attached hydrogen (secondary N) is 3. The lowest BCUT2D eigenvalue weighted by Gasteiger charge is -2.11. The number of aromatic nitrogens is 1. The van der Waals surface area contributed by atoms with Gasteiger partial charge in [0.15, 0.2) is 5.76 Å². The van der Waals surface area contributed by atoms with E-state index in [9.17, 15) is 4.79 Å². The lowest BCUT2D eigenvalue weighted by atomic mass is 10.1. The maximum absolute atomic E-state index is 12.6. The molecule has 25 heavy (non-hydrogen) atoms. The van der Waals surface area contributed by atoms with Crippen molar-refractivity contribution in [1.29, 1.82) is 0 Å². The molecule has 2 atom stereocenters. The Morgan fingerprint density at radius 2 is 2.08 bits per heavy atom. The van der Waals surface area contributed by atoms with Gasteiger partial charge in [0.1, 0.15) is 5.58 Å². The molecule has 4 rings (SSSR count). The van der Waals surface area contributed by atoms with Crippen molar-refractivity contribution in [2.24, 2.45) is 0 Å². The van der Waals surface area contributed by atoms with Crippen molar-refractivity contribution in [3.05, 3.63) is 64.1 Å². The van der Waals surface area contributed by atoms with E-state index >= 15 is 0 Å². The average Bonchev–Trinajstić information content (AvgIpc) is 3.20. The van der Waals surface area contributed by atoms with Gasteiger partial charge in [0.2, 0.25) is 0 Å². The number of hydrogen-bond donors (Lipinski definition) is 3. The number of carbonyl (C=O) groups is 1. The van der Waals surface area contributed by atoms with Gasteiger partial charge in [0, 0.05) is 40.3 Å². The highest BCUT2D eigenvalue weighted by molar-refractivity contribution is 9.10. The summed E-state index contributed by atoms with van der Waals surface area (Å²) < 4.78 is 6.68. The number of furan rings is 1. The minimum atomic E-state index is -0.223. The van der Waals surface area contributed by atoms with Gasteiger partial charge in [-0.05, 0) is 42.8 Å². The fourth-order valence-corrected chi connectivity index (χ4v) is 3.44. The van der Waals surface area contributed by atoms with Gasteiger partial charge < -0.3 is 9.73 Å². The number of hydrazine groups is 1. The number of halogens is 1. The maximum Gasteiger partial charge on any atom is 0.288 e. The lowest BCUT2D eigenvalue weighted by Crippen LogP contribution is -2.44. The van der Waals surface area contributed by atoms with E-state index < -0.39 is 0 Å². The monoisotopic (exact) mass is 400 g/mol. The van der Waals surface area contributed by atoms with Crippen LogP contribution in [0.15, 0.2) is 51.6 Å². The minimum absolute atomic E-state index is 0.126. The third kappa shape index (κ3) is 3.18. The van der Waals surface area contributed by atoms with E-state index in [1.807, 2.05) is 37.3 Å². The van der Waals surface area contributed by atoms with E-state index in [1.54, 1.807) is 12.4 Å². The summed E-state index contributed by atoms with van der Waals surface area (Å²) in [6.45, 7) is 1.90. The summed E-state index contributed by atoms with van der Waals surface area (Å²) in [6, 6.07) is 9.81. The molecule has 2 unspecified atom stereocenters. The zero-order valence-corrected chi connectivity index (χ0v) is 15.1. The normalized spacial score (nSPS) is 20.1. The number of hydrogen-bond acceptors (Lipinski definition) is 5. The van der Waals surface area contributed by atoms with Crippen molar-refractivity contribution in [3.8, 4) is 0 Å². The van der Waals surface area contributed by atoms with Gasteiger partial charge in [-0.25, -0.2) is 10.9 Å². The van der Waals surface area contributed by atoms with E-state index in [4.69, 9.17) is 4.42 Å². The van der Waals surface area contributed by atoms with Crippen molar-refractivity contribution in [1.82, 2.24) is 21.2 Å². The summed E-state index contributed by atoms with van der Waals surface area (Å²) in [5.41, 5.74) is 8.99. The maximum atomic E-state index is 12.6. The van der Waals surface area contributed by atoms with Crippen LogP contribution in [0.25, 0.3) is 11.0 Å². The molecule has 2 aromatic heterocycles. The van der Waals surface area contributed by atoms with Crippen LogP contribution < -0.4 is 16.2 Å². The second-order valence-electron chi connectivity index (χ2n) is 6.08. The summed E-state index contributed by atoms with van der Waals surface area (Å²) in [5.74, 6) is 0.127. The lowest BCUT2D eigenvalue weighted by molar-refractivity contribution is 0.0905. The van der Waals surface area contributed by atoms with E-state index in [1.165, 1.54) is 0 Å². The van der Waals surface area contributed by atoms with Crippen LogP contribution in [0.5, 0.6) is 0 Å². The molecule has 1 aliphatic heterocycles. The Morgan fingerprint density at radius 1 is 1.28 bits per heavy atom. The first-order valence-electron chi connectivity index (χ1n) is 8.02. The van der Waals surface area contributed by atoms with Crippen molar-refractivity contribution in [3.63, 3.8) is 0 Å². The molecule has 0 aliphatic carbocycles. The SMILES string of the molecule is Cc1c(C(=O)NC2CC(c3ccncc3)NN2)oc2cc(Br)ccc12. The second-order valence-corrected chi connectivity index (χ2v) is 7.00. The molecule has 1 amide bonds. The number of amides is 1. The highest BCUT2D eigenvalue weighted by Crippen LogP contribution is 2.28. The van der Waals surface area contributed by atoms with Gasteiger partial charge in [0.05, 0.1) is 6.17 Å². The summed E-state index contributed by atoms with van der Waals surface area (Å²) in [7, 11) is 0. The summed E-state index contributed by atoms with van der Waals surface area (Å²) in [6.07, 6.45) is 4.09. The molecule has 0 spiro atoms. The molecule has 0 saturated carbocycles. The first kappa shape index (κ1) is 16.3. The Hall–Kier alpha value is -2.22. The van der Waals surface area contributed by atoms with Crippen LogP contribution >= 0.6 is 15.9 Å². The number of fused-ring (bicyclic) bond motifs is 1. The Bertz CT molecular complexity index is 925. The molecular formula is C18H17BrN4O2. The molecule has 3 aromatic rings. The second kappa shape index (κ2) is 6.59. The Morgan fingerprint density at radius 3 is 2.88 bits per heavy atom. The van der Waals surface area contributed by atoms with Crippen LogP contribution in [0.1, 0.15) is 34.1 Å². The fraction of sp³-hybridized carbons (Fsp3) is 0.222. The van der Waals surface area contributed by atoms with E-state index in [2.05, 4.69) is 37.1 Å². The molecular weight excluding hydrogens is 384 g/mol. The largest absolute Gasteiger partial charge is 0.451 e. The molecule has 0 radical (unpaired) electrons. The molecule has 1 saturated heterocycles. The van der Waals surface area contributed by atoms with Crippen LogP contribution in [-0.4, -0.2) is 17.1 Å². The van der Waals surface area contributed by atoms with Crippen molar-refractivity contribution < 1.29 is 9.21 Å². The van der Waals surface area contributed by atoms with Crippen molar-refractivity contribution >= 4 is 32.8 Å². The minimum Gasteiger partial charge on any atom is -0.451 e. The van der Waals surface area contributed by atoms with Gasteiger partial charge in [0.25, 0.3) is 5.91 Å². The van der Waals surface area contributed by atoms with E-state index in [0.717, 1.165) is 27.4 Å². The zero-order valence-electron chi connectivity index (χ0n) is 13.5. The molecule has 128 valence electrons. The number of pyridine rings is 1. The molecule has 3 N–H and O–H groups in total. The van der Waals surface area contributed by atoms with Gasteiger partial charge in [-0.15, -0.1) is 0 Å². The molecule has 0 bridgehead atoms. The number of carbonyl (C=O) groups excluding carboxylic acids is 1. The highest BCUT2D eigenvalue weighted by Gasteiger charge is 2.28. The van der Waals surface area contributed by atoms with Gasteiger partial charge >= 0.3 is 0 Å². The molecule has 3 heterocycles. The zero-order chi connectivity index (χ0) is 17.4. The predicted octanol–water partition coefficient (Wildman–Crippen LogP) is 3.19. The topological polar surface area (TPSA) is 79.2 Å². The number of benzene rings is 1. The summed E-state index contributed by atoms with van der Waals surface area (Å²) >= 11 is 3.42. The van der Waals surface area contributed by atoms with E-state index in [-0.39, 0.29) is 18.1 Å². The predicted molar refractivity (Wildman–Crippen MR) is 97.8 cm³/mol. The van der Waals surface area contributed by atoms with Crippen molar-refractivity contribution in [2.45, 2.75) is 25.6 Å². The first-order chi connectivity index (χ1) is 12.1. The summed E-state index contributed by atoms with van der Waals surface area (Å²) in [4.78, 5) is 16.7. The third-order valence-electron chi connectivity index (χ3n) is 4.42. The van der Waals surface area contributed by atoms with Crippen LogP contribution in [0.3, 0.4) is 0 Å². The number of aryl methyl sites for hydroxylation is 1. The highest BCUT2D eigenvalue weighted by atomic mass is 79.9. The van der Waals surface area contributed by atoms with Gasteiger partial charge in [-0.2, -0.15) is 0 Å². The standard InChI is InChI=1S/C18H17BrN4O2/c1-10-13-3-2-12(19)8-15(13)25-17(10)18(24)21-16-9-14(22-23-16)11-4-6-20-7-5-11/h2-8,14,16,22-23H,9H2,1H3,(H,21,24). The van der Waals surface area contributed by atoms with Crippen LogP contribution in [0.2, 0.25) is 0 Å². The Kier molecular flexibility index (Phi) is 4.29. The molecule has 6 nitrogen and oxygen atoms in total. The molecule has 1 fully saturated rings. The number of nitrogens with zero attached hydrogens (tertiary/aromatic N) is 1. The summed E-state index contributed by atoms with van der Waals surface area (Å²) in [5, 5.41) is 3.92. The molecule has 1 aromatic carbocycles. The fourth-order valence-electron chi connectivity index (χ4n) is 3.10. The first-order valence-corrected chi connectivity index (χ1v) is 8.81. The van der Waals surface area contributed by atoms with Crippen LogP contribution in [-0.2, 0) is 0 Å². The van der Waals surface area contributed by atoms with Gasteiger partial charge in [-0.1, -0.05) is 15.9 Å². The quantitative estimate of drug-likeness (QED) is 0.628. The van der Waals surface area contributed by atoms with Crippen LogP contribution in [0, 0.1) is 6.92 Å². The average molecular weight is 401 g/mol.